The second-order valence-electron chi connectivity index (χ2n) is 6.52. The van der Waals surface area contributed by atoms with Crippen molar-refractivity contribution in [3.8, 4) is 0 Å². The minimum Gasteiger partial charge on any atom is -0.394 e. The molecule has 7 unspecified atom stereocenters. The lowest BCUT2D eigenvalue weighted by Gasteiger charge is -2.41. The molecule has 7 N–H and O–H groups in total. The average Bonchev–Trinajstić information content (AvgIpc) is 2.55. The Hall–Kier alpha value is -0.400. The normalized spacial score (nSPS) is 34.3. The fourth-order valence-corrected chi connectivity index (χ4v) is 2.55. The quantitative estimate of drug-likeness (QED) is 0.206. The summed E-state index contributed by atoms with van der Waals surface area (Å²) in [6, 6.07) is 0. The van der Waals surface area contributed by atoms with E-state index in [0.717, 1.165) is 0 Å². The predicted octanol–water partition coefficient (Wildman–Crippen LogP) is -3.10. The summed E-state index contributed by atoms with van der Waals surface area (Å²) >= 11 is 0. The molecule has 1 fully saturated rings. The monoisotopic (exact) mass is 370 g/mol. The molecular formula is C15H30O10. The van der Waals surface area contributed by atoms with Gasteiger partial charge in [0.25, 0.3) is 0 Å². The van der Waals surface area contributed by atoms with E-state index in [9.17, 15) is 30.6 Å². The molecule has 1 aliphatic rings. The molecule has 1 rings (SSSR count). The van der Waals surface area contributed by atoms with Crippen LogP contribution in [0, 0.1) is 5.92 Å². The van der Waals surface area contributed by atoms with Crippen LogP contribution in [0.1, 0.15) is 20.8 Å². The van der Waals surface area contributed by atoms with Gasteiger partial charge in [0.1, 0.15) is 36.6 Å². The lowest BCUT2D eigenvalue weighted by molar-refractivity contribution is -0.320. The lowest BCUT2D eigenvalue weighted by atomic mass is 9.99. The molecule has 10 nitrogen and oxygen atoms in total. The SMILES string of the molecule is CC(C)C(OC(CO)[C@H](C)OC1OC(CO)C(O)C(O)C1O)C(O)O. The highest BCUT2D eigenvalue weighted by molar-refractivity contribution is 4.89. The molecule has 0 radical (unpaired) electrons. The first kappa shape index (κ1) is 22.6. The number of aliphatic hydroxyl groups is 7. The summed E-state index contributed by atoms with van der Waals surface area (Å²) in [5.41, 5.74) is 0. The number of rotatable bonds is 9. The largest absolute Gasteiger partial charge is 0.394 e. The summed E-state index contributed by atoms with van der Waals surface area (Å²) in [4.78, 5) is 0. The Bertz CT molecular complexity index is 369. The molecule has 0 spiro atoms. The number of hydrogen-bond donors (Lipinski definition) is 7. The van der Waals surface area contributed by atoms with E-state index >= 15 is 0 Å². The molecule has 10 heteroatoms. The van der Waals surface area contributed by atoms with E-state index < -0.39 is 68.5 Å². The highest BCUT2D eigenvalue weighted by Gasteiger charge is 2.45. The van der Waals surface area contributed by atoms with Gasteiger partial charge in [0.15, 0.2) is 12.6 Å². The third-order valence-electron chi connectivity index (χ3n) is 4.18. The highest BCUT2D eigenvalue weighted by atomic mass is 16.7. The molecule has 0 aromatic rings. The van der Waals surface area contributed by atoms with E-state index in [2.05, 4.69) is 0 Å². The van der Waals surface area contributed by atoms with Gasteiger partial charge in [-0.05, 0) is 12.8 Å². The van der Waals surface area contributed by atoms with E-state index in [1.807, 2.05) is 0 Å². The van der Waals surface area contributed by atoms with Crippen molar-refractivity contribution in [2.75, 3.05) is 13.2 Å². The van der Waals surface area contributed by atoms with Crippen LogP contribution in [0.15, 0.2) is 0 Å². The van der Waals surface area contributed by atoms with Crippen LogP contribution >= 0.6 is 0 Å². The maximum absolute atomic E-state index is 9.96. The smallest absolute Gasteiger partial charge is 0.187 e. The predicted molar refractivity (Wildman–Crippen MR) is 83.1 cm³/mol. The molecule has 25 heavy (non-hydrogen) atoms. The Balaban J connectivity index is 2.75. The van der Waals surface area contributed by atoms with Crippen molar-refractivity contribution in [1.29, 1.82) is 0 Å². The Morgan fingerprint density at radius 3 is 2.00 bits per heavy atom. The van der Waals surface area contributed by atoms with E-state index in [-0.39, 0.29) is 5.92 Å². The fraction of sp³-hybridized carbons (Fsp3) is 1.00. The van der Waals surface area contributed by atoms with Crippen LogP contribution < -0.4 is 0 Å². The van der Waals surface area contributed by atoms with E-state index in [0.29, 0.717) is 0 Å². The molecule has 0 saturated carbocycles. The van der Waals surface area contributed by atoms with Crippen LogP contribution in [0.4, 0.5) is 0 Å². The zero-order valence-corrected chi connectivity index (χ0v) is 14.5. The van der Waals surface area contributed by atoms with Crippen molar-refractivity contribution >= 4 is 0 Å². The molecule has 150 valence electrons. The molecular weight excluding hydrogens is 340 g/mol. The number of aliphatic hydroxyl groups excluding tert-OH is 6. The van der Waals surface area contributed by atoms with Crippen LogP contribution in [-0.2, 0) is 14.2 Å². The van der Waals surface area contributed by atoms with Gasteiger partial charge in [0.05, 0.1) is 19.3 Å². The van der Waals surface area contributed by atoms with Crippen molar-refractivity contribution in [2.45, 2.75) is 76.1 Å². The molecule has 0 bridgehead atoms. The van der Waals surface area contributed by atoms with Crippen molar-refractivity contribution in [1.82, 2.24) is 0 Å². The Kier molecular flexibility index (Phi) is 9.12. The summed E-state index contributed by atoms with van der Waals surface area (Å²) in [7, 11) is 0. The van der Waals surface area contributed by atoms with Gasteiger partial charge >= 0.3 is 0 Å². The maximum atomic E-state index is 9.96. The molecule has 0 aromatic carbocycles. The topological polar surface area (TPSA) is 169 Å². The molecule has 1 heterocycles. The summed E-state index contributed by atoms with van der Waals surface area (Å²) in [6.07, 6.45) is -11.7. The van der Waals surface area contributed by atoms with Crippen molar-refractivity contribution in [2.24, 2.45) is 5.92 Å². The van der Waals surface area contributed by atoms with Gasteiger partial charge in [-0.1, -0.05) is 13.8 Å². The molecule has 0 amide bonds. The highest BCUT2D eigenvalue weighted by Crippen LogP contribution is 2.24. The standard InChI is InChI=1S/C15H30O10/c1-6(2)13(14(21)22)24-8(4-16)7(3)23-15-12(20)11(19)10(18)9(5-17)25-15/h6-22H,4-5H2,1-3H3/t7-,8?,9?,10?,11?,12?,13?,15?/m0/s1. The third kappa shape index (κ3) is 5.79. The molecule has 8 atom stereocenters. The molecule has 1 saturated heterocycles. The first-order valence-corrected chi connectivity index (χ1v) is 8.22. The minimum absolute atomic E-state index is 0.256. The molecule has 0 aliphatic carbocycles. The summed E-state index contributed by atoms with van der Waals surface area (Å²) in [6.45, 7) is 3.83. The zero-order chi connectivity index (χ0) is 19.3. The number of hydrogen-bond acceptors (Lipinski definition) is 10. The van der Waals surface area contributed by atoms with Gasteiger partial charge in [0.2, 0.25) is 0 Å². The molecule has 1 aliphatic heterocycles. The van der Waals surface area contributed by atoms with Gasteiger partial charge in [-0.15, -0.1) is 0 Å². The zero-order valence-electron chi connectivity index (χ0n) is 14.5. The second kappa shape index (κ2) is 10.1. The maximum Gasteiger partial charge on any atom is 0.187 e. The fourth-order valence-electron chi connectivity index (χ4n) is 2.55. The van der Waals surface area contributed by atoms with E-state index in [1.165, 1.54) is 6.92 Å². The van der Waals surface area contributed by atoms with Gasteiger partial charge in [-0.2, -0.15) is 0 Å². The van der Waals surface area contributed by atoms with Gasteiger partial charge in [0, 0.05) is 0 Å². The van der Waals surface area contributed by atoms with Crippen molar-refractivity contribution in [3.05, 3.63) is 0 Å². The Morgan fingerprint density at radius 2 is 1.56 bits per heavy atom. The van der Waals surface area contributed by atoms with Crippen LogP contribution in [-0.4, -0.2) is 104 Å². The lowest BCUT2D eigenvalue weighted by Crippen LogP contribution is -2.60. The minimum atomic E-state index is -1.76. The van der Waals surface area contributed by atoms with Gasteiger partial charge < -0.3 is 50.0 Å². The Labute approximate surface area is 146 Å². The van der Waals surface area contributed by atoms with Crippen molar-refractivity contribution in [3.63, 3.8) is 0 Å². The number of ether oxygens (including phenoxy) is 3. The third-order valence-corrected chi connectivity index (χ3v) is 4.18. The summed E-state index contributed by atoms with van der Waals surface area (Å²) in [5, 5.41) is 66.8. The Morgan fingerprint density at radius 1 is 0.960 bits per heavy atom. The van der Waals surface area contributed by atoms with E-state index in [1.54, 1.807) is 13.8 Å². The van der Waals surface area contributed by atoms with Crippen LogP contribution in [0.2, 0.25) is 0 Å². The molecule has 0 aromatic heterocycles. The van der Waals surface area contributed by atoms with Gasteiger partial charge in [-0.3, -0.25) is 0 Å². The summed E-state index contributed by atoms with van der Waals surface area (Å²) in [5.74, 6) is -0.256. The van der Waals surface area contributed by atoms with Crippen LogP contribution in [0.25, 0.3) is 0 Å². The van der Waals surface area contributed by atoms with Crippen LogP contribution in [0.5, 0.6) is 0 Å². The van der Waals surface area contributed by atoms with Crippen LogP contribution in [0.3, 0.4) is 0 Å². The van der Waals surface area contributed by atoms with Crippen molar-refractivity contribution < 1.29 is 50.0 Å². The van der Waals surface area contributed by atoms with Gasteiger partial charge in [-0.25, -0.2) is 0 Å². The first-order chi connectivity index (χ1) is 11.6. The second-order valence-corrected chi connectivity index (χ2v) is 6.52. The average molecular weight is 370 g/mol. The van der Waals surface area contributed by atoms with E-state index in [4.69, 9.17) is 19.3 Å². The first-order valence-electron chi connectivity index (χ1n) is 8.22. The summed E-state index contributed by atoms with van der Waals surface area (Å²) < 4.78 is 16.2.